The standard InChI is InChI=1S/C21H16ClNO3/c1-2-12-9-16(22)10-15-11-19(26-20(12)15)18-8-7-17(23-18)13-3-5-14(6-4-13)21(24)25/h3-11,23H,2H2,1H3,(H,24,25). The molecule has 0 radical (unpaired) electrons. The van der Waals surface area contributed by atoms with Crippen molar-refractivity contribution in [2.75, 3.05) is 0 Å². The van der Waals surface area contributed by atoms with E-state index in [1.54, 1.807) is 24.3 Å². The second-order valence-electron chi connectivity index (χ2n) is 6.12. The Hall–Kier alpha value is -2.98. The van der Waals surface area contributed by atoms with Gasteiger partial charge in [-0.25, -0.2) is 4.79 Å². The summed E-state index contributed by atoms with van der Waals surface area (Å²) in [7, 11) is 0. The van der Waals surface area contributed by atoms with Crippen LogP contribution >= 0.6 is 11.6 Å². The van der Waals surface area contributed by atoms with Crippen LogP contribution in [0.2, 0.25) is 5.02 Å². The van der Waals surface area contributed by atoms with Gasteiger partial charge in [0.2, 0.25) is 0 Å². The Balaban J connectivity index is 1.72. The number of fused-ring (bicyclic) bond motifs is 1. The Labute approximate surface area is 155 Å². The molecule has 2 heterocycles. The fourth-order valence-corrected chi connectivity index (χ4v) is 3.33. The zero-order valence-electron chi connectivity index (χ0n) is 14.0. The van der Waals surface area contributed by atoms with Gasteiger partial charge < -0.3 is 14.5 Å². The minimum atomic E-state index is -0.934. The van der Waals surface area contributed by atoms with Gasteiger partial charge in [-0.1, -0.05) is 30.7 Å². The maximum Gasteiger partial charge on any atom is 0.335 e. The number of rotatable bonds is 4. The molecular weight excluding hydrogens is 350 g/mol. The van der Waals surface area contributed by atoms with Crippen molar-refractivity contribution in [2.45, 2.75) is 13.3 Å². The molecule has 5 heteroatoms. The highest BCUT2D eigenvalue weighted by Gasteiger charge is 2.13. The van der Waals surface area contributed by atoms with Crippen molar-refractivity contribution in [1.29, 1.82) is 0 Å². The van der Waals surface area contributed by atoms with Crippen LogP contribution in [0.5, 0.6) is 0 Å². The molecule has 0 aliphatic rings. The molecule has 26 heavy (non-hydrogen) atoms. The summed E-state index contributed by atoms with van der Waals surface area (Å²) in [4.78, 5) is 14.3. The largest absolute Gasteiger partial charge is 0.478 e. The number of hydrogen-bond donors (Lipinski definition) is 2. The molecule has 2 aromatic carbocycles. The van der Waals surface area contributed by atoms with E-state index in [0.29, 0.717) is 5.02 Å². The lowest BCUT2D eigenvalue weighted by Crippen LogP contribution is -1.94. The van der Waals surface area contributed by atoms with E-state index in [2.05, 4.69) is 11.9 Å². The van der Waals surface area contributed by atoms with E-state index in [4.69, 9.17) is 21.1 Å². The predicted molar refractivity (Wildman–Crippen MR) is 103 cm³/mol. The minimum Gasteiger partial charge on any atom is -0.478 e. The van der Waals surface area contributed by atoms with Gasteiger partial charge >= 0.3 is 5.97 Å². The lowest BCUT2D eigenvalue weighted by molar-refractivity contribution is 0.0697. The second kappa shape index (κ2) is 6.39. The van der Waals surface area contributed by atoms with Gasteiger partial charge in [0.05, 0.1) is 11.3 Å². The van der Waals surface area contributed by atoms with Crippen molar-refractivity contribution in [2.24, 2.45) is 0 Å². The lowest BCUT2D eigenvalue weighted by atomic mass is 10.1. The first-order chi connectivity index (χ1) is 12.5. The summed E-state index contributed by atoms with van der Waals surface area (Å²) in [5, 5.41) is 10.7. The van der Waals surface area contributed by atoms with Crippen LogP contribution in [-0.2, 0) is 6.42 Å². The number of benzene rings is 2. The van der Waals surface area contributed by atoms with Crippen LogP contribution in [0, 0.1) is 0 Å². The van der Waals surface area contributed by atoms with E-state index in [0.717, 1.165) is 45.7 Å². The van der Waals surface area contributed by atoms with Gasteiger partial charge in [0.25, 0.3) is 0 Å². The van der Waals surface area contributed by atoms with E-state index in [-0.39, 0.29) is 5.56 Å². The summed E-state index contributed by atoms with van der Waals surface area (Å²) in [5.41, 5.74) is 4.86. The Morgan fingerprint density at radius 1 is 1.08 bits per heavy atom. The summed E-state index contributed by atoms with van der Waals surface area (Å²) < 4.78 is 6.06. The zero-order valence-corrected chi connectivity index (χ0v) is 14.8. The summed E-state index contributed by atoms with van der Waals surface area (Å²) in [5.74, 6) is -0.193. The number of carboxylic acids is 1. The average molecular weight is 366 g/mol. The van der Waals surface area contributed by atoms with Crippen LogP contribution < -0.4 is 0 Å². The molecule has 130 valence electrons. The third-order valence-corrected chi connectivity index (χ3v) is 4.65. The lowest BCUT2D eigenvalue weighted by Gasteiger charge is -2.00. The van der Waals surface area contributed by atoms with Crippen LogP contribution in [-0.4, -0.2) is 16.1 Å². The number of nitrogens with one attached hydrogen (secondary N) is 1. The molecular formula is C21H16ClNO3. The third kappa shape index (κ3) is 2.89. The second-order valence-corrected chi connectivity index (χ2v) is 6.55. The van der Waals surface area contributed by atoms with Gasteiger partial charge in [0.1, 0.15) is 5.58 Å². The molecule has 4 nitrogen and oxygen atoms in total. The zero-order chi connectivity index (χ0) is 18.3. The molecule has 0 spiro atoms. The molecule has 0 saturated heterocycles. The van der Waals surface area contributed by atoms with E-state index in [1.165, 1.54) is 0 Å². The SMILES string of the molecule is CCc1cc(Cl)cc2cc(-c3ccc(-c4ccc(C(=O)O)cc4)[nH]3)oc12. The first-order valence-corrected chi connectivity index (χ1v) is 8.68. The smallest absolute Gasteiger partial charge is 0.335 e. The monoisotopic (exact) mass is 365 g/mol. The number of halogens is 1. The minimum absolute atomic E-state index is 0.266. The molecule has 0 bridgehead atoms. The number of aromatic carboxylic acids is 1. The molecule has 0 unspecified atom stereocenters. The molecule has 4 aromatic rings. The number of aromatic amines is 1. The molecule has 0 fully saturated rings. The van der Waals surface area contributed by atoms with Gasteiger partial charge in [-0.15, -0.1) is 0 Å². The normalized spacial score (nSPS) is 11.2. The Morgan fingerprint density at radius 3 is 2.50 bits per heavy atom. The molecule has 4 rings (SSSR count). The van der Waals surface area contributed by atoms with E-state index < -0.39 is 5.97 Å². The Kier molecular flexibility index (Phi) is 4.05. The molecule has 0 atom stereocenters. The highest BCUT2D eigenvalue weighted by molar-refractivity contribution is 6.31. The van der Waals surface area contributed by atoms with Crippen molar-refractivity contribution >= 4 is 28.5 Å². The average Bonchev–Trinajstić information content (AvgIpc) is 3.27. The maximum absolute atomic E-state index is 11.0. The van der Waals surface area contributed by atoms with E-state index in [1.807, 2.05) is 30.3 Å². The van der Waals surface area contributed by atoms with Crippen molar-refractivity contribution in [3.8, 4) is 22.7 Å². The molecule has 2 N–H and O–H groups in total. The maximum atomic E-state index is 11.0. The highest BCUT2D eigenvalue weighted by atomic mass is 35.5. The van der Waals surface area contributed by atoms with Crippen LogP contribution in [0.3, 0.4) is 0 Å². The first-order valence-electron chi connectivity index (χ1n) is 8.30. The van der Waals surface area contributed by atoms with Crippen LogP contribution in [0.1, 0.15) is 22.8 Å². The fraction of sp³-hybridized carbons (Fsp3) is 0.0952. The van der Waals surface area contributed by atoms with Crippen LogP contribution in [0.25, 0.3) is 33.7 Å². The first kappa shape index (κ1) is 16.5. The molecule has 0 saturated carbocycles. The van der Waals surface area contributed by atoms with E-state index in [9.17, 15) is 4.79 Å². The van der Waals surface area contributed by atoms with Crippen molar-refractivity contribution in [3.05, 3.63) is 70.7 Å². The molecule has 0 aliphatic heterocycles. The highest BCUT2D eigenvalue weighted by Crippen LogP contribution is 2.33. The number of aryl methyl sites for hydroxylation is 1. The quantitative estimate of drug-likeness (QED) is 0.465. The fourth-order valence-electron chi connectivity index (χ4n) is 3.08. The van der Waals surface area contributed by atoms with Gasteiger partial charge in [-0.05, 0) is 60.0 Å². The Morgan fingerprint density at radius 2 is 1.81 bits per heavy atom. The number of hydrogen-bond acceptors (Lipinski definition) is 2. The van der Waals surface area contributed by atoms with Crippen molar-refractivity contribution < 1.29 is 14.3 Å². The number of furan rings is 1. The predicted octanol–water partition coefficient (Wildman–Crippen LogP) is 6.01. The van der Waals surface area contributed by atoms with Crippen molar-refractivity contribution in [1.82, 2.24) is 4.98 Å². The Bertz CT molecular complexity index is 1110. The molecule has 2 aromatic heterocycles. The van der Waals surface area contributed by atoms with Gasteiger partial charge in [-0.2, -0.15) is 0 Å². The van der Waals surface area contributed by atoms with Crippen LogP contribution in [0.15, 0.2) is 59.0 Å². The number of carbonyl (C=O) groups is 1. The summed E-state index contributed by atoms with van der Waals surface area (Å²) in [6, 6.07) is 16.5. The van der Waals surface area contributed by atoms with Gasteiger partial charge in [0, 0.05) is 16.1 Å². The third-order valence-electron chi connectivity index (χ3n) is 4.43. The number of carboxylic acid groups (broad SMARTS) is 1. The van der Waals surface area contributed by atoms with Gasteiger partial charge in [0.15, 0.2) is 5.76 Å². The van der Waals surface area contributed by atoms with Crippen LogP contribution in [0.4, 0.5) is 0 Å². The summed E-state index contributed by atoms with van der Waals surface area (Å²) in [6.45, 7) is 2.07. The summed E-state index contributed by atoms with van der Waals surface area (Å²) >= 11 is 6.19. The topological polar surface area (TPSA) is 66.2 Å². The molecule has 0 aliphatic carbocycles. The van der Waals surface area contributed by atoms with Gasteiger partial charge in [-0.3, -0.25) is 0 Å². The van der Waals surface area contributed by atoms with E-state index >= 15 is 0 Å². The number of aromatic nitrogens is 1. The number of H-pyrrole nitrogens is 1. The van der Waals surface area contributed by atoms with Crippen molar-refractivity contribution in [3.63, 3.8) is 0 Å². The summed E-state index contributed by atoms with van der Waals surface area (Å²) in [6.07, 6.45) is 0.843. The molecule has 0 amide bonds.